The minimum atomic E-state index is 0.587. The van der Waals surface area contributed by atoms with Crippen LogP contribution < -0.4 is 9.47 Å². The molecular weight excluding hydrogens is 312 g/mol. The molecule has 0 atom stereocenters. The van der Waals surface area contributed by atoms with Crippen LogP contribution in [0.3, 0.4) is 0 Å². The van der Waals surface area contributed by atoms with Gasteiger partial charge in [0.25, 0.3) is 5.01 Å². The second-order valence-electron chi connectivity index (χ2n) is 5.98. The lowest BCUT2D eigenvalue weighted by atomic mass is 10.1. The number of hydrogen-bond acceptors (Lipinski definition) is 2. The van der Waals surface area contributed by atoms with E-state index in [0.29, 0.717) is 6.54 Å². The molecule has 0 bridgehead atoms. The number of anilines is 1. The van der Waals surface area contributed by atoms with Crippen LogP contribution in [0.2, 0.25) is 0 Å². The van der Waals surface area contributed by atoms with Gasteiger partial charge in [-0.15, -0.1) is 6.42 Å². The normalized spacial score (nSPS) is 11.5. The summed E-state index contributed by atoms with van der Waals surface area (Å²) < 4.78 is 3.48. The number of thiazole rings is 1. The fourth-order valence-corrected chi connectivity index (χ4v) is 3.89. The second-order valence-corrected chi connectivity index (χ2v) is 7.01. The monoisotopic (exact) mass is 333 g/mol. The third-order valence-electron chi connectivity index (χ3n) is 3.99. The molecule has 0 N–H and O–H groups in total. The zero-order valence-electron chi connectivity index (χ0n) is 14.3. The summed E-state index contributed by atoms with van der Waals surface area (Å²) in [6.07, 6.45) is 7.81. The molecule has 3 rings (SSSR count). The molecule has 0 radical (unpaired) electrons. The maximum Gasteiger partial charge on any atom is 0.266 e. The average Bonchev–Trinajstić information content (AvgIpc) is 2.95. The fraction of sp³-hybridized carbons (Fsp3) is 0.190. The molecule has 2 aromatic carbocycles. The van der Waals surface area contributed by atoms with Gasteiger partial charge in [0.1, 0.15) is 4.70 Å². The van der Waals surface area contributed by atoms with E-state index in [0.717, 1.165) is 0 Å². The number of nitrogens with zero attached hydrogens (tertiary/aromatic N) is 2. The smallest absolute Gasteiger partial charge is 0.266 e. The minimum absolute atomic E-state index is 0.587. The quantitative estimate of drug-likeness (QED) is 0.505. The van der Waals surface area contributed by atoms with Gasteiger partial charge in [-0.05, 0) is 42.7 Å². The standard InChI is InChI=1S/C21H21N2S/c1-5-14-23-19-8-6-7-9-20(19)24-21(23)16(2)15-17-10-12-18(13-11-17)22(3)4/h1,6-13,15H,14H2,2-4H3/q+1. The van der Waals surface area contributed by atoms with Gasteiger partial charge in [0.15, 0.2) is 0 Å². The molecule has 0 saturated carbocycles. The van der Waals surface area contributed by atoms with E-state index in [-0.39, 0.29) is 0 Å². The summed E-state index contributed by atoms with van der Waals surface area (Å²) in [5.41, 5.74) is 4.83. The molecular formula is C21H21N2S+. The summed E-state index contributed by atoms with van der Waals surface area (Å²) in [6, 6.07) is 17.0. The van der Waals surface area contributed by atoms with Crippen LogP contribution >= 0.6 is 11.3 Å². The average molecular weight is 333 g/mol. The van der Waals surface area contributed by atoms with Crippen LogP contribution in [-0.2, 0) is 6.54 Å². The van der Waals surface area contributed by atoms with Crippen LogP contribution in [0.25, 0.3) is 21.9 Å². The van der Waals surface area contributed by atoms with Crippen molar-refractivity contribution in [3.05, 3.63) is 59.1 Å². The molecule has 24 heavy (non-hydrogen) atoms. The highest BCUT2D eigenvalue weighted by Crippen LogP contribution is 2.27. The van der Waals surface area contributed by atoms with Gasteiger partial charge in [0.2, 0.25) is 12.1 Å². The first-order valence-corrected chi connectivity index (χ1v) is 8.72. The van der Waals surface area contributed by atoms with E-state index in [1.54, 1.807) is 11.3 Å². The molecule has 0 aliphatic heterocycles. The number of terminal acetylenes is 1. The lowest BCUT2D eigenvalue weighted by Gasteiger charge is -2.11. The maximum absolute atomic E-state index is 5.59. The number of benzene rings is 2. The Labute approximate surface area is 147 Å². The first-order valence-electron chi connectivity index (χ1n) is 7.91. The van der Waals surface area contributed by atoms with Crippen molar-refractivity contribution >= 4 is 38.9 Å². The van der Waals surface area contributed by atoms with Crippen molar-refractivity contribution in [3.63, 3.8) is 0 Å². The van der Waals surface area contributed by atoms with Crippen LogP contribution in [0.15, 0.2) is 48.5 Å². The predicted octanol–water partition coefficient (Wildman–Crippen LogP) is 4.45. The van der Waals surface area contributed by atoms with Crippen LogP contribution in [0, 0.1) is 12.3 Å². The van der Waals surface area contributed by atoms with Crippen LogP contribution in [0.4, 0.5) is 5.69 Å². The van der Waals surface area contributed by atoms with Gasteiger partial charge in [-0.3, -0.25) is 0 Å². The Kier molecular flexibility index (Phi) is 4.69. The van der Waals surface area contributed by atoms with Crippen molar-refractivity contribution in [1.29, 1.82) is 0 Å². The molecule has 3 heteroatoms. The van der Waals surface area contributed by atoms with Crippen molar-refractivity contribution in [2.45, 2.75) is 13.5 Å². The van der Waals surface area contributed by atoms with Crippen molar-refractivity contribution < 1.29 is 4.57 Å². The van der Waals surface area contributed by atoms with Crippen molar-refractivity contribution in [1.82, 2.24) is 0 Å². The van der Waals surface area contributed by atoms with Gasteiger partial charge in [-0.25, -0.2) is 0 Å². The Hall–Kier alpha value is -2.57. The highest BCUT2D eigenvalue weighted by Gasteiger charge is 2.20. The third-order valence-corrected chi connectivity index (χ3v) is 5.29. The SMILES string of the molecule is C#CC[n+]1c(/C(C)=C/c2ccc(N(C)C)cc2)sc2ccccc21. The van der Waals surface area contributed by atoms with Gasteiger partial charge >= 0.3 is 0 Å². The highest BCUT2D eigenvalue weighted by molar-refractivity contribution is 7.19. The van der Waals surface area contributed by atoms with E-state index in [9.17, 15) is 0 Å². The molecule has 1 aromatic heterocycles. The molecule has 0 amide bonds. The lowest BCUT2D eigenvalue weighted by molar-refractivity contribution is -0.656. The predicted molar refractivity (Wildman–Crippen MR) is 105 cm³/mol. The zero-order valence-corrected chi connectivity index (χ0v) is 15.1. The number of fused-ring (bicyclic) bond motifs is 1. The van der Waals surface area contributed by atoms with Crippen molar-refractivity contribution in [3.8, 4) is 12.3 Å². The number of allylic oxidation sites excluding steroid dienone is 1. The second kappa shape index (κ2) is 6.90. The van der Waals surface area contributed by atoms with Crippen LogP contribution in [-0.4, -0.2) is 14.1 Å². The Morgan fingerprint density at radius 3 is 2.54 bits per heavy atom. The topological polar surface area (TPSA) is 7.12 Å². The molecule has 3 aromatic rings. The summed E-state index contributed by atoms with van der Waals surface area (Å²) >= 11 is 1.79. The Balaban J connectivity index is 2.02. The van der Waals surface area contributed by atoms with E-state index in [4.69, 9.17) is 6.42 Å². The lowest BCUT2D eigenvalue weighted by Crippen LogP contribution is -2.35. The summed E-state index contributed by atoms with van der Waals surface area (Å²) in [6.45, 7) is 2.74. The van der Waals surface area contributed by atoms with E-state index in [1.807, 2.05) is 0 Å². The number of aromatic nitrogens is 1. The van der Waals surface area contributed by atoms with E-state index < -0.39 is 0 Å². The molecule has 0 fully saturated rings. The Bertz CT molecular complexity index is 925. The van der Waals surface area contributed by atoms with Gasteiger partial charge in [0.05, 0.1) is 0 Å². The van der Waals surface area contributed by atoms with E-state index in [2.05, 4.69) is 91.0 Å². The summed E-state index contributed by atoms with van der Waals surface area (Å²) in [5, 5.41) is 1.21. The number of para-hydroxylation sites is 1. The molecule has 0 saturated heterocycles. The van der Waals surface area contributed by atoms with Crippen molar-refractivity contribution in [2.24, 2.45) is 0 Å². The molecule has 2 nitrogen and oxygen atoms in total. The number of hydrogen-bond donors (Lipinski definition) is 0. The Morgan fingerprint density at radius 2 is 1.88 bits per heavy atom. The molecule has 0 spiro atoms. The fourth-order valence-electron chi connectivity index (χ4n) is 2.76. The van der Waals surface area contributed by atoms with Gasteiger partial charge in [0, 0.05) is 31.4 Å². The zero-order chi connectivity index (χ0) is 17.1. The van der Waals surface area contributed by atoms with E-state index >= 15 is 0 Å². The van der Waals surface area contributed by atoms with Crippen LogP contribution in [0.5, 0.6) is 0 Å². The van der Waals surface area contributed by atoms with Gasteiger partial charge < -0.3 is 4.90 Å². The first kappa shape index (κ1) is 16.3. The van der Waals surface area contributed by atoms with Gasteiger partial charge in [-0.2, -0.15) is 4.57 Å². The maximum atomic E-state index is 5.59. The Morgan fingerprint density at radius 1 is 1.17 bits per heavy atom. The minimum Gasteiger partial charge on any atom is -0.378 e. The van der Waals surface area contributed by atoms with Crippen molar-refractivity contribution in [2.75, 3.05) is 19.0 Å². The summed E-state index contributed by atoms with van der Waals surface area (Å²) in [7, 11) is 4.10. The highest BCUT2D eigenvalue weighted by atomic mass is 32.1. The summed E-state index contributed by atoms with van der Waals surface area (Å²) in [4.78, 5) is 2.10. The number of rotatable bonds is 4. The molecule has 1 heterocycles. The molecule has 0 aliphatic rings. The van der Waals surface area contributed by atoms with Crippen LogP contribution in [0.1, 0.15) is 17.5 Å². The first-order chi connectivity index (χ1) is 11.6. The molecule has 0 aliphatic carbocycles. The van der Waals surface area contributed by atoms with Gasteiger partial charge in [-0.1, -0.05) is 35.6 Å². The third kappa shape index (κ3) is 3.20. The molecule has 0 unspecified atom stereocenters. The van der Waals surface area contributed by atoms with E-state index in [1.165, 1.54) is 32.0 Å². The summed E-state index contributed by atoms with van der Waals surface area (Å²) in [5.74, 6) is 2.78. The molecule has 120 valence electrons. The largest absolute Gasteiger partial charge is 0.378 e.